The van der Waals surface area contributed by atoms with E-state index in [1.165, 1.54) is 0 Å². The van der Waals surface area contributed by atoms with Gasteiger partial charge in [0, 0.05) is 22.6 Å². The van der Waals surface area contributed by atoms with E-state index in [4.69, 9.17) is 28.9 Å². The van der Waals surface area contributed by atoms with Crippen molar-refractivity contribution in [3.63, 3.8) is 0 Å². The highest BCUT2D eigenvalue weighted by Gasteiger charge is 2.14. The first kappa shape index (κ1) is 12.8. The van der Waals surface area contributed by atoms with E-state index >= 15 is 0 Å². The first-order chi connectivity index (χ1) is 7.08. The Kier molecular flexibility index (Phi) is 4.87. The highest BCUT2D eigenvalue weighted by molar-refractivity contribution is 6.34. The normalized spacial score (nSPS) is 13.2. The Bertz CT molecular complexity index is 308. The fourth-order valence-electron chi connectivity index (χ4n) is 1.56. The third-order valence-electron chi connectivity index (χ3n) is 2.52. The highest BCUT2D eigenvalue weighted by atomic mass is 35.5. The van der Waals surface area contributed by atoms with Crippen molar-refractivity contribution in [2.24, 2.45) is 5.73 Å². The summed E-state index contributed by atoms with van der Waals surface area (Å²) in [6.45, 7) is 3.59. The van der Waals surface area contributed by atoms with E-state index in [0.29, 0.717) is 16.6 Å². The lowest BCUT2D eigenvalue weighted by atomic mass is 10.1. The van der Waals surface area contributed by atoms with Crippen LogP contribution < -0.4 is 5.73 Å². The van der Waals surface area contributed by atoms with Crippen LogP contribution in [0.5, 0.6) is 0 Å². The van der Waals surface area contributed by atoms with Crippen LogP contribution in [0.4, 0.5) is 0 Å². The van der Waals surface area contributed by atoms with E-state index in [-0.39, 0.29) is 6.04 Å². The topological polar surface area (TPSA) is 29.3 Å². The van der Waals surface area contributed by atoms with Gasteiger partial charge in [-0.2, -0.15) is 0 Å². The maximum Gasteiger partial charge on any atom is 0.0468 e. The van der Waals surface area contributed by atoms with Gasteiger partial charge in [0.2, 0.25) is 0 Å². The molecule has 0 fully saturated rings. The summed E-state index contributed by atoms with van der Waals surface area (Å²) in [5, 5.41) is 1.31. The smallest absolute Gasteiger partial charge is 0.0468 e. The SMILES string of the molecule is CCN(C)C(CN)c1cc(Cl)cc(Cl)c1. The number of nitrogens with zero attached hydrogens (tertiary/aromatic N) is 1. The molecule has 0 saturated carbocycles. The Balaban J connectivity index is 3.01. The molecule has 1 aromatic carbocycles. The molecule has 0 radical (unpaired) electrons. The van der Waals surface area contributed by atoms with Crippen molar-refractivity contribution in [1.29, 1.82) is 0 Å². The quantitative estimate of drug-likeness (QED) is 0.886. The molecule has 0 aliphatic rings. The number of benzene rings is 1. The molecule has 0 saturated heterocycles. The van der Waals surface area contributed by atoms with E-state index in [0.717, 1.165) is 12.1 Å². The first-order valence-corrected chi connectivity index (χ1v) is 5.70. The molecule has 1 rings (SSSR count). The molecular formula is C11H16Cl2N2. The Morgan fingerprint density at radius 3 is 2.20 bits per heavy atom. The summed E-state index contributed by atoms with van der Waals surface area (Å²) in [4.78, 5) is 2.17. The van der Waals surface area contributed by atoms with Gasteiger partial charge < -0.3 is 5.73 Å². The summed E-state index contributed by atoms with van der Waals surface area (Å²) < 4.78 is 0. The van der Waals surface area contributed by atoms with Gasteiger partial charge in [0.05, 0.1) is 0 Å². The molecule has 0 aromatic heterocycles. The molecule has 0 amide bonds. The number of hydrogen-bond donors (Lipinski definition) is 1. The lowest BCUT2D eigenvalue weighted by Crippen LogP contribution is -2.30. The van der Waals surface area contributed by atoms with Gasteiger partial charge in [-0.3, -0.25) is 4.90 Å². The van der Waals surface area contributed by atoms with E-state index in [9.17, 15) is 0 Å². The van der Waals surface area contributed by atoms with Crippen molar-refractivity contribution in [2.45, 2.75) is 13.0 Å². The van der Waals surface area contributed by atoms with Crippen molar-refractivity contribution >= 4 is 23.2 Å². The molecule has 0 heterocycles. The minimum Gasteiger partial charge on any atom is -0.329 e. The van der Waals surface area contributed by atoms with Crippen LogP contribution in [0.25, 0.3) is 0 Å². The number of halogens is 2. The fourth-order valence-corrected chi connectivity index (χ4v) is 2.10. The second-order valence-corrected chi connectivity index (χ2v) is 4.40. The number of nitrogens with two attached hydrogens (primary N) is 1. The standard InChI is InChI=1S/C11H16Cl2N2/c1-3-15(2)11(7-14)8-4-9(12)6-10(13)5-8/h4-6,11H,3,7,14H2,1-2H3. The minimum atomic E-state index is 0.172. The predicted octanol–water partition coefficient (Wildman–Crippen LogP) is 2.94. The van der Waals surface area contributed by atoms with Gasteiger partial charge >= 0.3 is 0 Å². The maximum atomic E-state index is 5.96. The van der Waals surface area contributed by atoms with Crippen LogP contribution in [0.15, 0.2) is 18.2 Å². The van der Waals surface area contributed by atoms with Crippen molar-refractivity contribution in [1.82, 2.24) is 4.90 Å². The van der Waals surface area contributed by atoms with Crippen molar-refractivity contribution in [3.8, 4) is 0 Å². The van der Waals surface area contributed by atoms with E-state index < -0.39 is 0 Å². The molecule has 2 N–H and O–H groups in total. The summed E-state index contributed by atoms with van der Waals surface area (Å²) in [6, 6.07) is 5.73. The first-order valence-electron chi connectivity index (χ1n) is 4.94. The minimum absolute atomic E-state index is 0.172. The van der Waals surface area contributed by atoms with Gasteiger partial charge in [-0.1, -0.05) is 30.1 Å². The van der Waals surface area contributed by atoms with E-state index in [1.807, 2.05) is 19.2 Å². The third-order valence-corrected chi connectivity index (χ3v) is 2.96. The summed E-state index contributed by atoms with van der Waals surface area (Å²) in [5.41, 5.74) is 6.82. The lowest BCUT2D eigenvalue weighted by molar-refractivity contribution is 0.263. The average Bonchev–Trinajstić information content (AvgIpc) is 2.17. The molecule has 0 spiro atoms. The Hall–Kier alpha value is -0.280. The number of likely N-dealkylation sites (N-methyl/N-ethyl adjacent to an activating group) is 1. The zero-order valence-corrected chi connectivity index (χ0v) is 10.5. The van der Waals surface area contributed by atoms with Gasteiger partial charge in [-0.25, -0.2) is 0 Å². The van der Waals surface area contributed by atoms with Crippen LogP contribution in [0, 0.1) is 0 Å². The summed E-state index contributed by atoms with van der Waals surface area (Å²) in [6.07, 6.45) is 0. The van der Waals surface area contributed by atoms with Crippen molar-refractivity contribution in [2.75, 3.05) is 20.1 Å². The molecule has 1 atom stereocenters. The van der Waals surface area contributed by atoms with Crippen LogP contribution in [-0.4, -0.2) is 25.0 Å². The van der Waals surface area contributed by atoms with E-state index in [2.05, 4.69) is 11.8 Å². The van der Waals surface area contributed by atoms with E-state index in [1.54, 1.807) is 6.07 Å². The Morgan fingerprint density at radius 1 is 1.27 bits per heavy atom. The molecule has 1 aromatic rings. The van der Waals surface area contributed by atoms with Crippen molar-refractivity contribution in [3.05, 3.63) is 33.8 Å². The van der Waals surface area contributed by atoms with Gasteiger partial charge in [0.1, 0.15) is 0 Å². The van der Waals surface area contributed by atoms with Crippen LogP contribution in [0.3, 0.4) is 0 Å². The summed E-state index contributed by atoms with van der Waals surface area (Å²) in [5.74, 6) is 0. The number of hydrogen-bond acceptors (Lipinski definition) is 2. The highest BCUT2D eigenvalue weighted by Crippen LogP contribution is 2.25. The molecule has 4 heteroatoms. The molecule has 0 aliphatic heterocycles. The molecule has 1 unspecified atom stereocenters. The van der Waals surface area contributed by atoms with Crippen molar-refractivity contribution < 1.29 is 0 Å². The molecule has 84 valence electrons. The monoisotopic (exact) mass is 246 g/mol. The Morgan fingerprint density at radius 2 is 1.80 bits per heavy atom. The predicted molar refractivity (Wildman–Crippen MR) is 66.6 cm³/mol. The second-order valence-electron chi connectivity index (χ2n) is 3.53. The molecule has 2 nitrogen and oxygen atoms in total. The Labute approximate surface area is 101 Å². The van der Waals surface area contributed by atoms with Crippen LogP contribution in [-0.2, 0) is 0 Å². The van der Waals surface area contributed by atoms with Gasteiger partial charge in [0.15, 0.2) is 0 Å². The third kappa shape index (κ3) is 3.35. The van der Waals surface area contributed by atoms with Gasteiger partial charge in [-0.15, -0.1) is 0 Å². The van der Waals surface area contributed by atoms with Crippen LogP contribution in [0.2, 0.25) is 10.0 Å². The fraction of sp³-hybridized carbons (Fsp3) is 0.455. The summed E-state index contributed by atoms with van der Waals surface area (Å²) in [7, 11) is 2.03. The zero-order chi connectivity index (χ0) is 11.4. The van der Waals surface area contributed by atoms with Crippen LogP contribution in [0.1, 0.15) is 18.5 Å². The van der Waals surface area contributed by atoms with Gasteiger partial charge in [-0.05, 0) is 37.4 Å². The summed E-state index contributed by atoms with van der Waals surface area (Å²) >= 11 is 11.9. The molecule has 0 aliphatic carbocycles. The van der Waals surface area contributed by atoms with Crippen LogP contribution >= 0.6 is 23.2 Å². The molecular weight excluding hydrogens is 231 g/mol. The number of rotatable bonds is 4. The largest absolute Gasteiger partial charge is 0.329 e. The lowest BCUT2D eigenvalue weighted by Gasteiger charge is -2.26. The molecule has 15 heavy (non-hydrogen) atoms. The zero-order valence-electron chi connectivity index (χ0n) is 9.00. The maximum absolute atomic E-state index is 5.96. The van der Waals surface area contributed by atoms with Gasteiger partial charge in [0.25, 0.3) is 0 Å². The average molecular weight is 247 g/mol. The second kappa shape index (κ2) is 5.71. The molecule has 0 bridgehead atoms.